The summed E-state index contributed by atoms with van der Waals surface area (Å²) in [5, 5.41) is 13.7. The number of aromatic carboxylic acids is 1. The molecule has 22 heavy (non-hydrogen) atoms. The Hall–Kier alpha value is -2.31. The average molecular weight is 307 g/mol. The molecule has 2 heterocycles. The Morgan fingerprint density at radius 1 is 1.45 bits per heavy atom. The molecule has 0 aliphatic carbocycles. The molecule has 1 aromatic rings. The van der Waals surface area contributed by atoms with Crippen molar-refractivity contribution in [2.75, 3.05) is 6.54 Å². The maximum absolute atomic E-state index is 12.2. The average Bonchev–Trinajstić information content (AvgIpc) is 2.74. The summed E-state index contributed by atoms with van der Waals surface area (Å²) < 4.78 is 6.76. The van der Waals surface area contributed by atoms with Gasteiger partial charge < -0.3 is 14.7 Å². The van der Waals surface area contributed by atoms with Crippen LogP contribution < -0.4 is 0 Å². The summed E-state index contributed by atoms with van der Waals surface area (Å²) in [6.07, 6.45) is 1.67. The quantitative estimate of drug-likeness (QED) is 0.864. The number of carbonyl (C=O) groups is 2. The third kappa shape index (κ3) is 3.29. The Morgan fingerprint density at radius 2 is 2.14 bits per heavy atom. The molecule has 120 valence electrons. The lowest BCUT2D eigenvalue weighted by Gasteiger charge is -2.29. The van der Waals surface area contributed by atoms with Crippen molar-refractivity contribution in [2.45, 2.75) is 45.9 Å². The highest BCUT2D eigenvalue weighted by molar-refractivity contribution is 5.88. The molecular weight excluding hydrogens is 286 g/mol. The van der Waals surface area contributed by atoms with Crippen LogP contribution in [0.5, 0.6) is 0 Å². The second-order valence-corrected chi connectivity index (χ2v) is 6.20. The fourth-order valence-corrected chi connectivity index (χ4v) is 2.40. The van der Waals surface area contributed by atoms with Gasteiger partial charge in [0.15, 0.2) is 5.69 Å². The van der Waals surface area contributed by atoms with E-state index in [2.05, 4.69) is 11.7 Å². The zero-order chi connectivity index (χ0) is 16.5. The van der Waals surface area contributed by atoms with Crippen molar-refractivity contribution in [1.29, 1.82) is 0 Å². The first-order chi connectivity index (χ1) is 10.2. The third-order valence-electron chi connectivity index (χ3n) is 3.26. The van der Waals surface area contributed by atoms with Gasteiger partial charge in [-0.1, -0.05) is 6.08 Å². The molecule has 1 aromatic heterocycles. The zero-order valence-electron chi connectivity index (χ0n) is 13.1. The van der Waals surface area contributed by atoms with Gasteiger partial charge in [-0.25, -0.2) is 9.59 Å². The van der Waals surface area contributed by atoms with Gasteiger partial charge in [-0.15, -0.1) is 6.58 Å². The zero-order valence-corrected chi connectivity index (χ0v) is 13.1. The van der Waals surface area contributed by atoms with Crippen LogP contribution in [0.2, 0.25) is 0 Å². The number of allylic oxidation sites excluding steroid dienone is 1. The van der Waals surface area contributed by atoms with Crippen LogP contribution in [0.15, 0.2) is 12.7 Å². The molecule has 0 saturated heterocycles. The van der Waals surface area contributed by atoms with Gasteiger partial charge in [-0.05, 0) is 20.8 Å². The maximum Gasteiger partial charge on any atom is 0.410 e. The highest BCUT2D eigenvalue weighted by Gasteiger charge is 2.31. The summed E-state index contributed by atoms with van der Waals surface area (Å²) >= 11 is 0. The number of ether oxygens (including phenoxy) is 1. The Balaban J connectivity index is 2.27. The summed E-state index contributed by atoms with van der Waals surface area (Å²) in [6.45, 7) is 9.98. The normalized spacial score (nSPS) is 14.4. The van der Waals surface area contributed by atoms with Crippen LogP contribution in [0.4, 0.5) is 4.79 Å². The van der Waals surface area contributed by atoms with Gasteiger partial charge in [0.25, 0.3) is 0 Å². The molecule has 0 bridgehead atoms. The van der Waals surface area contributed by atoms with Gasteiger partial charge in [0.1, 0.15) is 5.60 Å². The van der Waals surface area contributed by atoms with Gasteiger partial charge in [-0.2, -0.15) is 5.10 Å². The summed E-state index contributed by atoms with van der Waals surface area (Å²) in [4.78, 5) is 25.2. The van der Waals surface area contributed by atoms with E-state index in [1.54, 1.807) is 26.8 Å². The molecule has 0 atom stereocenters. The number of hydrogen-bond acceptors (Lipinski definition) is 4. The second-order valence-electron chi connectivity index (χ2n) is 6.20. The smallest absolute Gasteiger partial charge is 0.410 e. The van der Waals surface area contributed by atoms with Crippen LogP contribution in [-0.4, -0.2) is 44.0 Å². The van der Waals surface area contributed by atoms with Crippen molar-refractivity contribution in [3.05, 3.63) is 29.6 Å². The highest BCUT2D eigenvalue weighted by atomic mass is 16.6. The van der Waals surface area contributed by atoms with Crippen LogP contribution in [0.25, 0.3) is 0 Å². The highest BCUT2D eigenvalue weighted by Crippen LogP contribution is 2.24. The molecule has 1 aliphatic heterocycles. The van der Waals surface area contributed by atoms with Crippen LogP contribution in [0, 0.1) is 0 Å². The van der Waals surface area contributed by atoms with Crippen molar-refractivity contribution in [2.24, 2.45) is 0 Å². The fraction of sp³-hybridized carbons (Fsp3) is 0.533. The minimum atomic E-state index is -1.05. The lowest BCUT2D eigenvalue weighted by molar-refractivity contribution is 0.0221. The molecule has 1 aliphatic rings. The number of carboxylic acids is 1. The first kappa shape index (κ1) is 16.1. The fourth-order valence-electron chi connectivity index (χ4n) is 2.40. The lowest BCUT2D eigenvalue weighted by atomic mass is 10.1. The summed E-state index contributed by atoms with van der Waals surface area (Å²) in [5.74, 6) is -1.05. The minimum Gasteiger partial charge on any atom is -0.477 e. The Morgan fingerprint density at radius 3 is 2.68 bits per heavy atom. The van der Waals surface area contributed by atoms with E-state index in [4.69, 9.17) is 4.74 Å². The Labute approximate surface area is 129 Å². The molecule has 0 spiro atoms. The van der Waals surface area contributed by atoms with Crippen LogP contribution in [0.3, 0.4) is 0 Å². The summed E-state index contributed by atoms with van der Waals surface area (Å²) in [6, 6.07) is 0. The lowest BCUT2D eigenvalue weighted by Crippen LogP contribution is -2.40. The summed E-state index contributed by atoms with van der Waals surface area (Å²) in [7, 11) is 0. The van der Waals surface area contributed by atoms with E-state index in [9.17, 15) is 14.7 Å². The number of fused-ring (bicyclic) bond motifs is 1. The number of nitrogens with zero attached hydrogens (tertiary/aromatic N) is 3. The topological polar surface area (TPSA) is 84.7 Å². The minimum absolute atomic E-state index is 0.114. The number of amides is 1. The molecule has 7 nitrogen and oxygen atoms in total. The van der Waals surface area contributed by atoms with E-state index >= 15 is 0 Å². The van der Waals surface area contributed by atoms with Crippen molar-refractivity contribution < 1.29 is 19.4 Å². The molecule has 0 unspecified atom stereocenters. The molecule has 7 heteroatoms. The molecule has 1 N–H and O–H groups in total. The number of rotatable bonds is 3. The molecule has 0 radical (unpaired) electrons. The molecule has 0 aromatic carbocycles. The second kappa shape index (κ2) is 5.82. The molecular formula is C15H21N3O4. The van der Waals surface area contributed by atoms with E-state index in [1.165, 1.54) is 9.58 Å². The van der Waals surface area contributed by atoms with Gasteiger partial charge in [-0.3, -0.25) is 4.68 Å². The largest absolute Gasteiger partial charge is 0.477 e. The number of hydrogen-bond donors (Lipinski definition) is 1. The third-order valence-corrected chi connectivity index (χ3v) is 3.26. The molecule has 1 amide bonds. The van der Waals surface area contributed by atoms with Crippen LogP contribution in [-0.2, 0) is 24.2 Å². The van der Waals surface area contributed by atoms with Crippen LogP contribution in [0.1, 0.15) is 42.5 Å². The van der Waals surface area contributed by atoms with Crippen molar-refractivity contribution in [3.63, 3.8) is 0 Å². The first-order valence-electron chi connectivity index (χ1n) is 7.13. The Kier molecular flexibility index (Phi) is 4.25. The number of carboxylic acid groups (broad SMARTS) is 1. The number of aromatic nitrogens is 2. The van der Waals surface area contributed by atoms with E-state index < -0.39 is 17.7 Å². The van der Waals surface area contributed by atoms with E-state index in [1.807, 2.05) is 0 Å². The maximum atomic E-state index is 12.2. The van der Waals surface area contributed by atoms with Crippen molar-refractivity contribution in [3.8, 4) is 0 Å². The first-order valence-corrected chi connectivity index (χ1v) is 7.13. The molecule has 0 saturated carbocycles. The molecule has 0 fully saturated rings. The predicted octanol–water partition coefficient (Wildman–Crippen LogP) is 2.06. The van der Waals surface area contributed by atoms with Gasteiger partial charge >= 0.3 is 12.1 Å². The van der Waals surface area contributed by atoms with Gasteiger partial charge in [0.2, 0.25) is 0 Å². The summed E-state index contributed by atoms with van der Waals surface area (Å²) in [5.41, 5.74) is 0.827. The van der Waals surface area contributed by atoms with Crippen molar-refractivity contribution >= 4 is 12.1 Å². The number of carbonyl (C=O) groups excluding carboxylic acids is 1. The van der Waals surface area contributed by atoms with E-state index in [0.29, 0.717) is 25.1 Å². The van der Waals surface area contributed by atoms with Gasteiger partial charge in [0.05, 0.1) is 18.8 Å². The SMILES string of the molecule is C=CCn1nc2c(c1C(=O)O)CN(C(=O)OC(C)(C)C)CC2. The Bertz CT molecular complexity index is 613. The van der Waals surface area contributed by atoms with E-state index in [-0.39, 0.29) is 12.2 Å². The van der Waals surface area contributed by atoms with Crippen LogP contribution >= 0.6 is 0 Å². The van der Waals surface area contributed by atoms with Gasteiger partial charge in [0, 0.05) is 18.5 Å². The van der Waals surface area contributed by atoms with Crippen molar-refractivity contribution in [1.82, 2.24) is 14.7 Å². The monoisotopic (exact) mass is 307 g/mol. The van der Waals surface area contributed by atoms with E-state index in [0.717, 1.165) is 5.69 Å². The predicted molar refractivity (Wildman–Crippen MR) is 79.7 cm³/mol. The molecule has 2 rings (SSSR count). The standard InChI is InChI=1S/C15H21N3O4/c1-5-7-18-12(13(19)20)10-9-17(8-6-11(10)16-18)14(21)22-15(2,3)4/h5H,1,6-9H2,2-4H3,(H,19,20).